The van der Waals surface area contributed by atoms with E-state index < -0.39 is 5.60 Å². The number of carbonyl (C=O) groups excluding carboxylic acids is 1. The summed E-state index contributed by atoms with van der Waals surface area (Å²) in [6, 6.07) is 7.46. The molecule has 0 spiro atoms. The maximum absolute atomic E-state index is 12.7. The molecule has 0 unspecified atom stereocenters. The van der Waals surface area contributed by atoms with Crippen molar-refractivity contribution < 1.29 is 14.3 Å². The molecule has 122 valence electrons. The maximum Gasteiger partial charge on any atom is 0.256 e. The van der Waals surface area contributed by atoms with Gasteiger partial charge < -0.3 is 14.8 Å². The number of hydrogen-bond donors (Lipinski definition) is 1. The molecule has 1 saturated carbocycles. The molecule has 1 aromatic rings. The first-order valence-corrected chi connectivity index (χ1v) is 8.98. The topological polar surface area (TPSA) is 47.6 Å². The molecule has 1 aromatic carbocycles. The molecule has 22 heavy (non-hydrogen) atoms. The Hall–Kier alpha value is -1.07. The Balaban J connectivity index is 2.00. The van der Waals surface area contributed by atoms with E-state index in [-0.39, 0.29) is 5.91 Å². The summed E-state index contributed by atoms with van der Waals surface area (Å²) in [5.41, 5.74) is 0.0959. The van der Waals surface area contributed by atoms with E-state index >= 15 is 0 Å². The number of anilines is 1. The molecule has 2 rings (SSSR count). The number of hydrogen-bond acceptors (Lipinski definition) is 3. The number of rotatable bonds is 6. The number of benzene rings is 1. The van der Waals surface area contributed by atoms with Gasteiger partial charge in [-0.25, -0.2) is 0 Å². The van der Waals surface area contributed by atoms with Crippen molar-refractivity contribution in [2.24, 2.45) is 0 Å². The van der Waals surface area contributed by atoms with E-state index in [4.69, 9.17) is 9.47 Å². The minimum Gasteiger partial charge on any atom is -0.493 e. The highest BCUT2D eigenvalue weighted by molar-refractivity contribution is 9.09. The third-order valence-corrected chi connectivity index (χ3v) is 4.50. The molecule has 0 atom stereocenters. The summed E-state index contributed by atoms with van der Waals surface area (Å²) in [6.07, 6.45) is 6.03. The summed E-state index contributed by atoms with van der Waals surface area (Å²) in [4.78, 5) is 12.7. The van der Waals surface area contributed by atoms with Gasteiger partial charge in [-0.1, -0.05) is 41.6 Å². The SMILES string of the molecule is COC1(C(=O)Nc2ccc(OCCBr)cc2)CCCCCC1. The Kier molecular flexibility index (Phi) is 6.70. The van der Waals surface area contributed by atoms with Crippen LogP contribution in [-0.2, 0) is 9.53 Å². The van der Waals surface area contributed by atoms with E-state index in [2.05, 4.69) is 21.2 Å². The van der Waals surface area contributed by atoms with Gasteiger partial charge in [0.05, 0.1) is 6.61 Å². The van der Waals surface area contributed by atoms with Crippen LogP contribution in [0.1, 0.15) is 38.5 Å². The van der Waals surface area contributed by atoms with Gasteiger partial charge in [0.25, 0.3) is 5.91 Å². The number of halogens is 1. The Morgan fingerprint density at radius 2 is 1.82 bits per heavy atom. The number of ether oxygens (including phenoxy) is 2. The molecule has 1 aliphatic carbocycles. The molecule has 0 aromatic heterocycles. The fourth-order valence-corrected chi connectivity index (χ4v) is 3.02. The van der Waals surface area contributed by atoms with Gasteiger partial charge in [0.2, 0.25) is 0 Å². The van der Waals surface area contributed by atoms with E-state index in [0.29, 0.717) is 6.61 Å². The molecule has 1 N–H and O–H groups in total. The van der Waals surface area contributed by atoms with Gasteiger partial charge in [-0.2, -0.15) is 0 Å². The highest BCUT2D eigenvalue weighted by Crippen LogP contribution is 2.31. The lowest BCUT2D eigenvalue weighted by atomic mass is 9.93. The van der Waals surface area contributed by atoms with Crippen LogP contribution in [0, 0.1) is 0 Å². The van der Waals surface area contributed by atoms with Crippen molar-refractivity contribution in [3.8, 4) is 5.75 Å². The molecule has 0 saturated heterocycles. The second-order valence-electron chi connectivity index (χ2n) is 5.63. The zero-order valence-corrected chi connectivity index (χ0v) is 14.7. The molecule has 0 radical (unpaired) electrons. The van der Waals surface area contributed by atoms with Gasteiger partial charge in [-0.15, -0.1) is 0 Å². The van der Waals surface area contributed by atoms with Crippen LogP contribution < -0.4 is 10.1 Å². The predicted octanol–water partition coefficient (Wildman–Crippen LogP) is 4.14. The number of alkyl halides is 1. The first kappa shape index (κ1) is 17.3. The van der Waals surface area contributed by atoms with Crippen LogP contribution in [0.4, 0.5) is 5.69 Å². The Morgan fingerprint density at radius 3 is 2.36 bits per heavy atom. The van der Waals surface area contributed by atoms with Gasteiger partial charge in [-0.3, -0.25) is 4.79 Å². The van der Waals surface area contributed by atoms with Crippen LogP contribution in [0.15, 0.2) is 24.3 Å². The van der Waals surface area contributed by atoms with Crippen molar-refractivity contribution in [2.45, 2.75) is 44.1 Å². The summed E-state index contributed by atoms with van der Waals surface area (Å²) in [5.74, 6) is 0.763. The van der Waals surface area contributed by atoms with Crippen LogP contribution in [0.2, 0.25) is 0 Å². The predicted molar refractivity (Wildman–Crippen MR) is 91.8 cm³/mol. The van der Waals surface area contributed by atoms with Crippen LogP contribution in [-0.4, -0.2) is 30.6 Å². The van der Waals surface area contributed by atoms with E-state index in [1.165, 1.54) is 12.8 Å². The van der Waals surface area contributed by atoms with Crippen molar-refractivity contribution in [1.29, 1.82) is 0 Å². The molecule has 1 amide bonds. The first-order chi connectivity index (χ1) is 10.7. The average Bonchev–Trinajstić information content (AvgIpc) is 2.80. The Labute approximate surface area is 140 Å². The molecule has 1 fully saturated rings. The number of amides is 1. The van der Waals surface area contributed by atoms with Crippen LogP contribution in [0.25, 0.3) is 0 Å². The summed E-state index contributed by atoms with van der Waals surface area (Å²) in [6.45, 7) is 0.624. The third-order valence-electron chi connectivity index (χ3n) is 4.17. The molecule has 5 heteroatoms. The van der Waals surface area contributed by atoms with E-state index in [1.54, 1.807) is 7.11 Å². The summed E-state index contributed by atoms with van der Waals surface area (Å²) in [5, 5.41) is 3.78. The summed E-state index contributed by atoms with van der Waals surface area (Å²) < 4.78 is 11.1. The van der Waals surface area contributed by atoms with Crippen molar-refractivity contribution in [3.63, 3.8) is 0 Å². The fourth-order valence-electron chi connectivity index (χ4n) is 2.86. The van der Waals surface area contributed by atoms with Crippen molar-refractivity contribution >= 4 is 27.5 Å². The monoisotopic (exact) mass is 369 g/mol. The second-order valence-corrected chi connectivity index (χ2v) is 6.42. The smallest absolute Gasteiger partial charge is 0.256 e. The zero-order valence-electron chi connectivity index (χ0n) is 13.1. The molecule has 0 bridgehead atoms. The lowest BCUT2D eigenvalue weighted by Crippen LogP contribution is -2.44. The van der Waals surface area contributed by atoms with Crippen LogP contribution in [0.5, 0.6) is 5.75 Å². The summed E-state index contributed by atoms with van der Waals surface area (Å²) in [7, 11) is 1.64. The highest BCUT2D eigenvalue weighted by atomic mass is 79.9. The normalized spacial score (nSPS) is 17.5. The van der Waals surface area contributed by atoms with E-state index in [0.717, 1.165) is 42.5 Å². The van der Waals surface area contributed by atoms with Gasteiger partial charge in [0, 0.05) is 18.1 Å². The molecular formula is C17H24BrNO3. The van der Waals surface area contributed by atoms with Crippen LogP contribution >= 0.6 is 15.9 Å². The lowest BCUT2D eigenvalue weighted by Gasteiger charge is -2.29. The summed E-state index contributed by atoms with van der Waals surface area (Å²) >= 11 is 3.32. The quantitative estimate of drug-likeness (QED) is 0.605. The van der Waals surface area contributed by atoms with Crippen LogP contribution in [0.3, 0.4) is 0 Å². The first-order valence-electron chi connectivity index (χ1n) is 7.86. The number of carbonyl (C=O) groups is 1. The Morgan fingerprint density at radius 1 is 1.18 bits per heavy atom. The van der Waals surface area contributed by atoms with Crippen molar-refractivity contribution in [1.82, 2.24) is 0 Å². The minimum absolute atomic E-state index is 0.0361. The molecular weight excluding hydrogens is 346 g/mol. The van der Waals surface area contributed by atoms with Gasteiger partial charge >= 0.3 is 0 Å². The zero-order chi connectivity index (χ0) is 15.8. The highest BCUT2D eigenvalue weighted by Gasteiger charge is 2.38. The van der Waals surface area contributed by atoms with E-state index in [9.17, 15) is 4.79 Å². The number of nitrogens with one attached hydrogen (secondary N) is 1. The van der Waals surface area contributed by atoms with Crippen molar-refractivity contribution in [3.05, 3.63) is 24.3 Å². The van der Waals surface area contributed by atoms with Gasteiger partial charge in [0.15, 0.2) is 0 Å². The maximum atomic E-state index is 12.7. The Bertz CT molecular complexity index is 467. The molecule has 1 aliphatic rings. The fraction of sp³-hybridized carbons (Fsp3) is 0.588. The average molecular weight is 370 g/mol. The molecule has 0 heterocycles. The van der Waals surface area contributed by atoms with Gasteiger partial charge in [-0.05, 0) is 37.1 Å². The minimum atomic E-state index is -0.679. The van der Waals surface area contributed by atoms with Gasteiger partial charge in [0.1, 0.15) is 11.4 Å². The number of methoxy groups -OCH3 is 1. The largest absolute Gasteiger partial charge is 0.493 e. The van der Waals surface area contributed by atoms with E-state index in [1.807, 2.05) is 24.3 Å². The lowest BCUT2D eigenvalue weighted by molar-refractivity contribution is -0.139. The third kappa shape index (κ3) is 4.46. The molecule has 4 nitrogen and oxygen atoms in total. The second kappa shape index (κ2) is 8.53. The van der Waals surface area contributed by atoms with Crippen molar-refractivity contribution in [2.75, 3.05) is 24.4 Å². The standard InChI is InChI=1S/C17H24BrNO3/c1-21-17(10-4-2-3-5-11-17)16(20)19-14-6-8-15(9-7-14)22-13-12-18/h6-9H,2-5,10-13H2,1H3,(H,19,20). The molecule has 0 aliphatic heterocycles.